The molecular weight excluding hydrogens is 214 g/mol. The summed E-state index contributed by atoms with van der Waals surface area (Å²) in [6, 6.07) is 7.66. The Kier molecular flexibility index (Phi) is 3.45. The third-order valence-corrected chi connectivity index (χ3v) is 2.45. The van der Waals surface area contributed by atoms with Gasteiger partial charge in [0.2, 0.25) is 0 Å². The molecule has 0 amide bonds. The van der Waals surface area contributed by atoms with Crippen molar-refractivity contribution in [1.82, 2.24) is 0 Å². The van der Waals surface area contributed by atoms with Crippen LogP contribution in [0.25, 0.3) is 5.03 Å². The van der Waals surface area contributed by atoms with Crippen LogP contribution in [0.15, 0.2) is 28.8 Å². The molecule has 0 aliphatic heterocycles. The van der Waals surface area contributed by atoms with Gasteiger partial charge in [-0.1, -0.05) is 64.6 Å². The first-order valence-electron chi connectivity index (χ1n) is 3.39. The summed E-state index contributed by atoms with van der Waals surface area (Å²) in [6.07, 6.45) is 0. The van der Waals surface area contributed by atoms with E-state index in [1.165, 1.54) is 5.56 Å². The van der Waals surface area contributed by atoms with E-state index in [4.69, 9.17) is 34.8 Å². The molecule has 0 aromatic heterocycles. The number of benzene rings is 1. The summed E-state index contributed by atoms with van der Waals surface area (Å²) in [5, 5.41) is 0.387. The van der Waals surface area contributed by atoms with Gasteiger partial charge in [-0.3, -0.25) is 0 Å². The normalized spacial score (nSPS) is 9.67. The van der Waals surface area contributed by atoms with Crippen molar-refractivity contribution in [3.8, 4) is 0 Å². The Morgan fingerprint density at radius 3 is 1.92 bits per heavy atom. The molecule has 0 aliphatic carbocycles. The minimum atomic E-state index is 0.0977. The van der Waals surface area contributed by atoms with Crippen molar-refractivity contribution < 1.29 is 0 Å². The number of rotatable bonds is 1. The maximum atomic E-state index is 5.81. The molecule has 64 valence electrons. The van der Waals surface area contributed by atoms with Crippen molar-refractivity contribution in [2.75, 3.05) is 0 Å². The number of aryl methyl sites for hydroxylation is 1. The minimum absolute atomic E-state index is 0.0977. The summed E-state index contributed by atoms with van der Waals surface area (Å²) in [6.45, 7) is 2.00. The van der Waals surface area contributed by atoms with Gasteiger partial charge >= 0.3 is 0 Å². The van der Waals surface area contributed by atoms with E-state index in [-0.39, 0.29) is 4.49 Å². The first-order valence-corrected chi connectivity index (χ1v) is 4.52. The van der Waals surface area contributed by atoms with Crippen LogP contribution >= 0.6 is 34.8 Å². The Hall–Kier alpha value is -0.170. The van der Waals surface area contributed by atoms with Gasteiger partial charge in [0.15, 0.2) is 0 Å². The number of hydrogen-bond acceptors (Lipinski definition) is 0. The summed E-state index contributed by atoms with van der Waals surface area (Å²) in [7, 11) is 0. The predicted molar refractivity (Wildman–Crippen MR) is 55.7 cm³/mol. The monoisotopic (exact) mass is 220 g/mol. The van der Waals surface area contributed by atoms with Gasteiger partial charge in [-0.05, 0) is 12.5 Å². The zero-order valence-corrected chi connectivity index (χ0v) is 8.71. The highest BCUT2D eigenvalue weighted by Crippen LogP contribution is 2.27. The molecule has 0 spiro atoms. The van der Waals surface area contributed by atoms with Crippen molar-refractivity contribution in [2.24, 2.45) is 0 Å². The Morgan fingerprint density at radius 1 is 1.00 bits per heavy atom. The van der Waals surface area contributed by atoms with Gasteiger partial charge in [0.25, 0.3) is 0 Å². The Balaban J connectivity index is 3.06. The maximum Gasteiger partial charge on any atom is 0.126 e. The quantitative estimate of drug-likeness (QED) is 0.662. The van der Waals surface area contributed by atoms with E-state index in [1.54, 1.807) is 0 Å². The second kappa shape index (κ2) is 4.18. The molecule has 0 heterocycles. The largest absolute Gasteiger partial charge is 0.126 e. The zero-order valence-electron chi connectivity index (χ0n) is 6.44. The van der Waals surface area contributed by atoms with Crippen molar-refractivity contribution in [3.05, 3.63) is 39.9 Å². The van der Waals surface area contributed by atoms with Crippen LogP contribution < -0.4 is 0 Å². The summed E-state index contributed by atoms with van der Waals surface area (Å²) < 4.78 is 0.0977. The van der Waals surface area contributed by atoms with Crippen molar-refractivity contribution in [2.45, 2.75) is 6.92 Å². The molecule has 3 heteroatoms. The van der Waals surface area contributed by atoms with E-state index in [0.29, 0.717) is 5.03 Å². The van der Waals surface area contributed by atoms with Gasteiger partial charge in [-0.2, -0.15) is 0 Å². The average Bonchev–Trinajstić information content (AvgIpc) is 2.04. The molecule has 1 rings (SSSR count). The summed E-state index contributed by atoms with van der Waals surface area (Å²) in [4.78, 5) is 0. The van der Waals surface area contributed by atoms with E-state index in [2.05, 4.69) is 0 Å². The third kappa shape index (κ3) is 2.41. The van der Waals surface area contributed by atoms with Crippen molar-refractivity contribution in [1.29, 1.82) is 0 Å². The van der Waals surface area contributed by atoms with Gasteiger partial charge in [0.1, 0.15) is 4.49 Å². The summed E-state index contributed by atoms with van der Waals surface area (Å²) in [5.74, 6) is 0. The molecule has 1 aromatic rings. The molecule has 1 aromatic carbocycles. The number of halogens is 3. The molecule has 0 unspecified atom stereocenters. The number of hydrogen-bond donors (Lipinski definition) is 0. The first kappa shape index (κ1) is 9.91. The fourth-order valence-corrected chi connectivity index (χ4v) is 1.15. The van der Waals surface area contributed by atoms with Crippen LogP contribution in [0.3, 0.4) is 0 Å². The molecular formula is C9H7Cl3. The van der Waals surface area contributed by atoms with Gasteiger partial charge < -0.3 is 0 Å². The molecule has 0 N–H and O–H groups in total. The maximum absolute atomic E-state index is 5.81. The van der Waals surface area contributed by atoms with Crippen LogP contribution in [0.5, 0.6) is 0 Å². The van der Waals surface area contributed by atoms with Gasteiger partial charge in [0, 0.05) is 0 Å². The molecule has 12 heavy (non-hydrogen) atoms. The fraction of sp³-hybridized carbons (Fsp3) is 0.111. The van der Waals surface area contributed by atoms with Crippen LogP contribution in [0.1, 0.15) is 11.1 Å². The lowest BCUT2D eigenvalue weighted by Crippen LogP contribution is -1.78. The third-order valence-electron chi connectivity index (χ3n) is 1.47. The molecule has 0 nitrogen and oxygen atoms in total. The molecule has 0 atom stereocenters. The van der Waals surface area contributed by atoms with Crippen LogP contribution in [0.4, 0.5) is 0 Å². The molecule has 0 fully saturated rings. The van der Waals surface area contributed by atoms with Crippen LogP contribution in [-0.4, -0.2) is 0 Å². The molecule has 0 saturated carbocycles. The van der Waals surface area contributed by atoms with Crippen LogP contribution in [0, 0.1) is 6.92 Å². The molecule has 0 bridgehead atoms. The second-order valence-corrected chi connectivity index (χ2v) is 3.77. The molecule has 0 saturated heterocycles. The summed E-state index contributed by atoms with van der Waals surface area (Å²) >= 11 is 16.8. The molecule has 0 aliphatic rings. The van der Waals surface area contributed by atoms with E-state index in [9.17, 15) is 0 Å². The van der Waals surface area contributed by atoms with Crippen LogP contribution in [0.2, 0.25) is 0 Å². The lowest BCUT2D eigenvalue weighted by atomic mass is 10.1. The highest BCUT2D eigenvalue weighted by atomic mass is 35.5. The lowest BCUT2D eigenvalue weighted by molar-refractivity contribution is 1.46. The Morgan fingerprint density at radius 2 is 1.50 bits per heavy atom. The smallest absolute Gasteiger partial charge is 0.0811 e. The Bertz CT molecular complexity index is 294. The highest BCUT2D eigenvalue weighted by molar-refractivity contribution is 6.66. The van der Waals surface area contributed by atoms with Gasteiger partial charge in [0.05, 0.1) is 5.03 Å². The lowest BCUT2D eigenvalue weighted by Gasteiger charge is -1.99. The highest BCUT2D eigenvalue weighted by Gasteiger charge is 2.01. The standard InChI is InChI=1S/C9H7Cl3/c1-6-2-4-7(5-3-6)8(10)9(11)12/h2-5H,1H3. The van der Waals surface area contributed by atoms with Gasteiger partial charge in [-0.15, -0.1) is 0 Å². The van der Waals surface area contributed by atoms with E-state index in [1.807, 2.05) is 31.2 Å². The second-order valence-electron chi connectivity index (χ2n) is 2.44. The van der Waals surface area contributed by atoms with E-state index < -0.39 is 0 Å². The van der Waals surface area contributed by atoms with Crippen LogP contribution in [-0.2, 0) is 0 Å². The Labute approximate surface area is 86.7 Å². The SMILES string of the molecule is Cc1ccc(C(Cl)=C(Cl)Cl)cc1. The van der Waals surface area contributed by atoms with Gasteiger partial charge in [-0.25, -0.2) is 0 Å². The van der Waals surface area contributed by atoms with E-state index in [0.717, 1.165) is 5.56 Å². The summed E-state index contributed by atoms with van der Waals surface area (Å²) in [5.41, 5.74) is 2.01. The average molecular weight is 222 g/mol. The fourth-order valence-electron chi connectivity index (χ4n) is 0.809. The van der Waals surface area contributed by atoms with E-state index >= 15 is 0 Å². The predicted octanol–water partition coefficient (Wildman–Crippen LogP) is 4.34. The zero-order chi connectivity index (χ0) is 9.14. The molecule has 0 radical (unpaired) electrons. The topological polar surface area (TPSA) is 0 Å². The van der Waals surface area contributed by atoms with Crippen molar-refractivity contribution >= 4 is 39.8 Å². The van der Waals surface area contributed by atoms with Crippen molar-refractivity contribution in [3.63, 3.8) is 0 Å². The first-order chi connectivity index (χ1) is 5.61. The minimum Gasteiger partial charge on any atom is -0.0811 e.